The van der Waals surface area contributed by atoms with Crippen LogP contribution in [-0.2, 0) is 10.2 Å². The summed E-state index contributed by atoms with van der Waals surface area (Å²) >= 11 is 0. The molecule has 142 valence electrons. The molecule has 1 amide bonds. The van der Waals surface area contributed by atoms with Crippen LogP contribution in [0, 0.1) is 0 Å². The van der Waals surface area contributed by atoms with E-state index in [1.807, 2.05) is 6.07 Å². The van der Waals surface area contributed by atoms with Crippen molar-refractivity contribution >= 4 is 11.9 Å². The van der Waals surface area contributed by atoms with E-state index in [0.717, 1.165) is 38.3 Å². The van der Waals surface area contributed by atoms with Crippen molar-refractivity contribution in [1.29, 1.82) is 0 Å². The molecule has 1 saturated heterocycles. The van der Waals surface area contributed by atoms with E-state index >= 15 is 0 Å². The summed E-state index contributed by atoms with van der Waals surface area (Å²) in [6.45, 7) is 2.30. The van der Waals surface area contributed by atoms with Crippen LogP contribution in [-0.4, -0.2) is 54.5 Å². The molecule has 2 aliphatic rings. The number of carbonyl (C=O) groups excluding carboxylic acids is 1. The second-order valence-electron chi connectivity index (χ2n) is 7.83. The fraction of sp³-hybridized carbons (Fsp3) is 0.476. The van der Waals surface area contributed by atoms with Crippen LogP contribution >= 0.6 is 0 Å². The second kappa shape index (κ2) is 7.27. The van der Waals surface area contributed by atoms with Gasteiger partial charge in [0.05, 0.1) is 6.54 Å². The van der Waals surface area contributed by atoms with Crippen LogP contribution in [0.1, 0.15) is 36.4 Å². The molecule has 6 nitrogen and oxygen atoms in total. The molecule has 6 heteroatoms. The molecule has 1 atom stereocenters. The maximum absolute atomic E-state index is 12.0. The van der Waals surface area contributed by atoms with Crippen molar-refractivity contribution < 1.29 is 4.79 Å². The van der Waals surface area contributed by atoms with E-state index in [-0.39, 0.29) is 17.4 Å². The largest absolute Gasteiger partial charge is 0.348 e. The third kappa shape index (κ3) is 3.41. The smallest absolute Gasteiger partial charge is 0.236 e. The number of likely N-dealkylation sites (N-methyl/N-ethyl adjacent to an activating group) is 1. The second-order valence-corrected chi connectivity index (χ2v) is 7.83. The molecule has 1 fully saturated rings. The van der Waals surface area contributed by atoms with Crippen molar-refractivity contribution in [3.05, 3.63) is 53.9 Å². The van der Waals surface area contributed by atoms with Crippen LogP contribution in [0.3, 0.4) is 0 Å². The van der Waals surface area contributed by atoms with Gasteiger partial charge in [-0.05, 0) is 36.5 Å². The number of amides is 1. The number of fused-ring (bicyclic) bond motifs is 2. The SMILES string of the molecule is CN(C)C(=O)CN[C@H]1CC2(CCN(c3ncccn3)CC2)c2ccccc21. The van der Waals surface area contributed by atoms with Gasteiger partial charge in [0.2, 0.25) is 11.9 Å². The Labute approximate surface area is 160 Å². The Morgan fingerprint density at radius 1 is 1.19 bits per heavy atom. The number of hydrogen-bond donors (Lipinski definition) is 1. The third-order valence-electron chi connectivity index (χ3n) is 6.06. The van der Waals surface area contributed by atoms with Gasteiger partial charge in [0, 0.05) is 51.0 Å². The van der Waals surface area contributed by atoms with Crippen molar-refractivity contribution in [3.8, 4) is 0 Å². The number of rotatable bonds is 4. The number of carbonyl (C=O) groups is 1. The molecule has 4 rings (SSSR count). The molecule has 0 radical (unpaired) electrons. The Bertz CT molecular complexity index is 799. The van der Waals surface area contributed by atoms with E-state index in [2.05, 4.69) is 44.5 Å². The molecule has 2 heterocycles. The molecule has 1 aliphatic carbocycles. The molecule has 0 saturated carbocycles. The third-order valence-corrected chi connectivity index (χ3v) is 6.06. The maximum atomic E-state index is 12.0. The zero-order chi connectivity index (χ0) is 18.9. The molecule has 0 unspecified atom stereocenters. The Hall–Kier alpha value is -2.47. The van der Waals surface area contributed by atoms with Crippen LogP contribution in [0.15, 0.2) is 42.7 Å². The summed E-state index contributed by atoms with van der Waals surface area (Å²) in [5, 5.41) is 3.50. The van der Waals surface area contributed by atoms with Gasteiger partial charge < -0.3 is 15.1 Å². The van der Waals surface area contributed by atoms with Gasteiger partial charge in [-0.15, -0.1) is 0 Å². The lowest BCUT2D eigenvalue weighted by Gasteiger charge is -2.40. The lowest BCUT2D eigenvalue weighted by Crippen LogP contribution is -2.43. The minimum Gasteiger partial charge on any atom is -0.348 e. The maximum Gasteiger partial charge on any atom is 0.236 e. The zero-order valence-electron chi connectivity index (χ0n) is 16.1. The standard InChI is InChI=1S/C21H27N5O/c1-25(2)19(27)15-24-18-14-21(17-7-4-3-6-16(17)18)8-12-26(13-9-21)20-22-10-5-11-23-20/h3-7,10-11,18,24H,8-9,12-15H2,1-2H3/t18-/m0/s1. The van der Waals surface area contributed by atoms with Crippen LogP contribution in [0.25, 0.3) is 0 Å². The summed E-state index contributed by atoms with van der Waals surface area (Å²) in [5.41, 5.74) is 2.99. The molecular weight excluding hydrogens is 338 g/mol. The Balaban J connectivity index is 1.50. The van der Waals surface area contributed by atoms with E-state index in [1.165, 1.54) is 11.1 Å². The first-order valence-electron chi connectivity index (χ1n) is 9.64. The highest BCUT2D eigenvalue weighted by atomic mass is 16.2. The number of anilines is 1. The fourth-order valence-electron chi connectivity index (χ4n) is 4.51. The molecule has 1 aliphatic heterocycles. The molecule has 0 bridgehead atoms. The first-order valence-corrected chi connectivity index (χ1v) is 9.64. The molecule has 1 spiro atoms. The quantitative estimate of drug-likeness (QED) is 0.899. The van der Waals surface area contributed by atoms with Crippen molar-refractivity contribution in [2.24, 2.45) is 0 Å². The van der Waals surface area contributed by atoms with Crippen LogP contribution < -0.4 is 10.2 Å². The summed E-state index contributed by atoms with van der Waals surface area (Å²) in [4.78, 5) is 24.7. The van der Waals surface area contributed by atoms with E-state index < -0.39 is 0 Å². The molecular formula is C21H27N5O. The van der Waals surface area contributed by atoms with Gasteiger partial charge >= 0.3 is 0 Å². The number of aromatic nitrogens is 2. The number of hydrogen-bond acceptors (Lipinski definition) is 5. The van der Waals surface area contributed by atoms with Gasteiger partial charge in [-0.2, -0.15) is 0 Å². The minimum absolute atomic E-state index is 0.115. The molecule has 2 aromatic rings. The molecule has 1 aromatic carbocycles. The van der Waals surface area contributed by atoms with Gasteiger partial charge in [0.15, 0.2) is 0 Å². The minimum atomic E-state index is 0.115. The van der Waals surface area contributed by atoms with Gasteiger partial charge in [-0.25, -0.2) is 9.97 Å². The number of piperidine rings is 1. The Kier molecular flexibility index (Phi) is 4.83. The highest BCUT2D eigenvalue weighted by molar-refractivity contribution is 5.77. The van der Waals surface area contributed by atoms with Crippen molar-refractivity contribution in [2.45, 2.75) is 30.7 Å². The monoisotopic (exact) mass is 365 g/mol. The first-order chi connectivity index (χ1) is 13.1. The summed E-state index contributed by atoms with van der Waals surface area (Å²) in [5.74, 6) is 0.939. The summed E-state index contributed by atoms with van der Waals surface area (Å²) in [6, 6.07) is 10.8. The molecule has 1 aromatic heterocycles. The van der Waals surface area contributed by atoms with Gasteiger partial charge in [0.1, 0.15) is 0 Å². The van der Waals surface area contributed by atoms with Crippen molar-refractivity contribution in [3.63, 3.8) is 0 Å². The zero-order valence-corrected chi connectivity index (χ0v) is 16.1. The summed E-state index contributed by atoms with van der Waals surface area (Å²) < 4.78 is 0. The summed E-state index contributed by atoms with van der Waals surface area (Å²) in [7, 11) is 3.60. The van der Waals surface area contributed by atoms with E-state index in [1.54, 1.807) is 31.4 Å². The van der Waals surface area contributed by atoms with Crippen molar-refractivity contribution in [2.75, 3.05) is 38.6 Å². The number of nitrogens with zero attached hydrogens (tertiary/aromatic N) is 4. The molecule has 27 heavy (non-hydrogen) atoms. The fourth-order valence-corrected chi connectivity index (χ4v) is 4.51. The lowest BCUT2D eigenvalue weighted by atomic mass is 9.73. The highest BCUT2D eigenvalue weighted by Crippen LogP contribution is 2.50. The van der Waals surface area contributed by atoms with Crippen LogP contribution in [0.5, 0.6) is 0 Å². The van der Waals surface area contributed by atoms with E-state index in [4.69, 9.17) is 0 Å². The Morgan fingerprint density at radius 2 is 1.89 bits per heavy atom. The van der Waals surface area contributed by atoms with Crippen LogP contribution in [0.4, 0.5) is 5.95 Å². The first kappa shape index (κ1) is 17.9. The van der Waals surface area contributed by atoms with Crippen molar-refractivity contribution in [1.82, 2.24) is 20.2 Å². The predicted octanol–water partition coefficient (Wildman–Crippen LogP) is 2.14. The van der Waals surface area contributed by atoms with Gasteiger partial charge in [0.25, 0.3) is 0 Å². The normalized spacial score (nSPS) is 20.5. The van der Waals surface area contributed by atoms with Gasteiger partial charge in [-0.3, -0.25) is 4.79 Å². The van der Waals surface area contributed by atoms with Crippen LogP contribution in [0.2, 0.25) is 0 Å². The number of nitrogens with one attached hydrogen (secondary N) is 1. The van der Waals surface area contributed by atoms with Gasteiger partial charge in [-0.1, -0.05) is 24.3 Å². The average Bonchev–Trinajstić information content (AvgIpc) is 3.01. The highest BCUT2D eigenvalue weighted by Gasteiger charge is 2.45. The Morgan fingerprint density at radius 3 is 2.59 bits per heavy atom. The topological polar surface area (TPSA) is 61.4 Å². The van der Waals surface area contributed by atoms with E-state index in [9.17, 15) is 4.79 Å². The summed E-state index contributed by atoms with van der Waals surface area (Å²) in [6.07, 6.45) is 6.83. The van der Waals surface area contributed by atoms with E-state index in [0.29, 0.717) is 6.54 Å². The average molecular weight is 365 g/mol. The predicted molar refractivity (Wildman–Crippen MR) is 106 cm³/mol. The number of benzene rings is 1. The molecule has 1 N–H and O–H groups in total. The lowest BCUT2D eigenvalue weighted by molar-refractivity contribution is -0.127.